The van der Waals surface area contributed by atoms with Gasteiger partial charge in [0.1, 0.15) is 18.4 Å². The number of ether oxygens (including phenoxy) is 1. The van der Waals surface area contributed by atoms with E-state index in [-0.39, 0.29) is 18.2 Å². The number of amides is 3. The molecule has 7 nitrogen and oxygen atoms in total. The molecule has 3 amide bonds. The number of imide groups is 1. The molecule has 39 heavy (non-hydrogen) atoms. The molecule has 0 spiro atoms. The number of hydrogen-bond acceptors (Lipinski definition) is 5. The van der Waals surface area contributed by atoms with Crippen molar-refractivity contribution in [2.45, 2.75) is 83.5 Å². The second-order valence-corrected chi connectivity index (χ2v) is 12.0. The molecule has 0 aromatic heterocycles. The standard InChI is InChI=1S/C32H39N3O4/c36-30-12-11-28(31(37)34-30)35-19-27-26(32(35)38)5-2-6-29(27)39-20-22-9-7-21(8-10-22)18-33-14-13-25-16-23-3-1-4-24(15-23)17-25/h2,5-10,23-25,28,33H,1,3-4,11-20H2,(H,34,36,37). The molecule has 3 unspecified atom stereocenters. The number of nitrogens with zero attached hydrogens (tertiary/aromatic N) is 1. The summed E-state index contributed by atoms with van der Waals surface area (Å²) in [6.07, 6.45) is 10.6. The van der Waals surface area contributed by atoms with Gasteiger partial charge in [-0.1, -0.05) is 49.6 Å². The van der Waals surface area contributed by atoms with E-state index < -0.39 is 11.9 Å². The van der Waals surface area contributed by atoms with E-state index in [1.807, 2.05) is 12.1 Å². The first-order valence-electron chi connectivity index (χ1n) is 14.7. The first kappa shape index (κ1) is 26.1. The molecule has 3 atom stereocenters. The number of nitrogens with one attached hydrogen (secondary N) is 2. The van der Waals surface area contributed by atoms with E-state index >= 15 is 0 Å². The number of rotatable bonds is 9. The Labute approximate surface area is 230 Å². The van der Waals surface area contributed by atoms with Crippen LogP contribution in [0.5, 0.6) is 5.75 Å². The number of hydrogen-bond donors (Lipinski definition) is 2. The Kier molecular flexibility index (Phi) is 7.69. The third kappa shape index (κ3) is 5.88. The lowest BCUT2D eigenvalue weighted by Crippen LogP contribution is -2.52. The van der Waals surface area contributed by atoms with Crippen LogP contribution in [0.1, 0.15) is 84.8 Å². The summed E-state index contributed by atoms with van der Waals surface area (Å²) >= 11 is 0. The highest BCUT2D eigenvalue weighted by Gasteiger charge is 2.40. The van der Waals surface area contributed by atoms with E-state index in [0.29, 0.717) is 30.9 Å². The summed E-state index contributed by atoms with van der Waals surface area (Å²) < 4.78 is 6.15. The first-order valence-corrected chi connectivity index (χ1v) is 14.7. The molecule has 2 aliphatic carbocycles. The van der Waals surface area contributed by atoms with Gasteiger partial charge in [-0.05, 0) is 79.7 Å². The summed E-state index contributed by atoms with van der Waals surface area (Å²) in [6, 6.07) is 13.3. The van der Waals surface area contributed by atoms with Crippen molar-refractivity contribution >= 4 is 17.7 Å². The molecular formula is C32H39N3O4. The van der Waals surface area contributed by atoms with Crippen LogP contribution in [0.4, 0.5) is 0 Å². The van der Waals surface area contributed by atoms with Crippen LogP contribution in [0.3, 0.4) is 0 Å². The molecule has 206 valence electrons. The van der Waals surface area contributed by atoms with Crippen LogP contribution in [0, 0.1) is 17.8 Å². The van der Waals surface area contributed by atoms with Crippen LogP contribution in [-0.2, 0) is 29.3 Å². The zero-order valence-electron chi connectivity index (χ0n) is 22.6. The zero-order valence-corrected chi connectivity index (χ0v) is 22.6. The maximum absolute atomic E-state index is 13.0. The van der Waals surface area contributed by atoms with Crippen LogP contribution in [0.2, 0.25) is 0 Å². The van der Waals surface area contributed by atoms with Crippen LogP contribution in [0.25, 0.3) is 0 Å². The predicted octanol–water partition coefficient (Wildman–Crippen LogP) is 4.72. The van der Waals surface area contributed by atoms with Gasteiger partial charge < -0.3 is 15.0 Å². The lowest BCUT2D eigenvalue weighted by atomic mass is 9.67. The van der Waals surface area contributed by atoms with Crippen LogP contribution >= 0.6 is 0 Å². The quantitative estimate of drug-likeness (QED) is 0.363. The average Bonchev–Trinajstić information content (AvgIpc) is 3.27. The molecule has 2 N–H and O–H groups in total. The van der Waals surface area contributed by atoms with Gasteiger partial charge in [0.15, 0.2) is 0 Å². The van der Waals surface area contributed by atoms with Gasteiger partial charge in [-0.3, -0.25) is 19.7 Å². The van der Waals surface area contributed by atoms with Crippen molar-refractivity contribution in [3.63, 3.8) is 0 Å². The van der Waals surface area contributed by atoms with E-state index in [0.717, 1.165) is 42.0 Å². The van der Waals surface area contributed by atoms with E-state index in [1.54, 1.807) is 11.0 Å². The minimum atomic E-state index is -0.626. The predicted molar refractivity (Wildman–Crippen MR) is 148 cm³/mol. The Bertz CT molecular complexity index is 1210. The minimum absolute atomic E-state index is 0.187. The van der Waals surface area contributed by atoms with Crippen molar-refractivity contribution in [3.05, 3.63) is 64.7 Å². The van der Waals surface area contributed by atoms with Crippen molar-refractivity contribution in [1.82, 2.24) is 15.5 Å². The zero-order chi connectivity index (χ0) is 26.8. The fourth-order valence-electron chi connectivity index (χ4n) is 7.25. The van der Waals surface area contributed by atoms with Crippen LogP contribution < -0.4 is 15.4 Å². The van der Waals surface area contributed by atoms with Gasteiger partial charge in [-0.2, -0.15) is 0 Å². The number of carbonyl (C=O) groups is 3. The highest BCUT2D eigenvalue weighted by atomic mass is 16.5. The number of piperidine rings is 1. The SMILES string of the molecule is O=C1CCC(N2Cc3c(OCc4ccc(CNCCC5CC6CCCC(C6)C5)cc4)cccc3C2=O)C(=O)N1. The molecule has 6 rings (SSSR count). The molecule has 2 aromatic carbocycles. The van der Waals surface area contributed by atoms with Crippen molar-refractivity contribution in [3.8, 4) is 5.75 Å². The molecule has 2 saturated carbocycles. The Morgan fingerprint density at radius 2 is 1.69 bits per heavy atom. The van der Waals surface area contributed by atoms with Gasteiger partial charge in [0.05, 0.1) is 6.54 Å². The van der Waals surface area contributed by atoms with Crippen LogP contribution in [-0.4, -0.2) is 35.2 Å². The van der Waals surface area contributed by atoms with Crippen molar-refractivity contribution in [2.24, 2.45) is 17.8 Å². The second-order valence-electron chi connectivity index (χ2n) is 12.0. The van der Waals surface area contributed by atoms with Gasteiger partial charge in [0.2, 0.25) is 11.8 Å². The smallest absolute Gasteiger partial charge is 0.255 e. The Balaban J connectivity index is 0.981. The lowest BCUT2D eigenvalue weighted by molar-refractivity contribution is -0.136. The number of benzene rings is 2. The largest absolute Gasteiger partial charge is 0.489 e. The van der Waals surface area contributed by atoms with Crippen molar-refractivity contribution in [1.29, 1.82) is 0 Å². The summed E-state index contributed by atoms with van der Waals surface area (Å²) in [6.45, 7) is 2.68. The Morgan fingerprint density at radius 3 is 2.46 bits per heavy atom. The normalized spacial score (nSPS) is 26.4. The molecule has 2 aromatic rings. The topological polar surface area (TPSA) is 87.7 Å². The maximum Gasteiger partial charge on any atom is 0.255 e. The average molecular weight is 530 g/mol. The molecule has 1 saturated heterocycles. The third-order valence-corrected chi connectivity index (χ3v) is 9.24. The molecule has 2 heterocycles. The van der Waals surface area contributed by atoms with Gasteiger partial charge in [0, 0.05) is 24.1 Å². The van der Waals surface area contributed by atoms with Crippen molar-refractivity contribution < 1.29 is 19.1 Å². The summed E-state index contributed by atoms with van der Waals surface area (Å²) in [7, 11) is 0. The molecule has 3 fully saturated rings. The molecule has 4 aliphatic rings. The van der Waals surface area contributed by atoms with Gasteiger partial charge in [-0.15, -0.1) is 0 Å². The maximum atomic E-state index is 13.0. The molecule has 7 heteroatoms. The Morgan fingerprint density at radius 1 is 0.923 bits per heavy atom. The highest BCUT2D eigenvalue weighted by Crippen LogP contribution is 2.43. The summed E-state index contributed by atoms with van der Waals surface area (Å²) in [4.78, 5) is 38.5. The van der Waals surface area contributed by atoms with Gasteiger partial charge in [-0.25, -0.2) is 0 Å². The number of fused-ring (bicyclic) bond motifs is 3. The Hall–Kier alpha value is -3.19. The van der Waals surface area contributed by atoms with E-state index in [2.05, 4.69) is 34.9 Å². The monoisotopic (exact) mass is 529 g/mol. The fourth-order valence-corrected chi connectivity index (χ4v) is 7.25. The third-order valence-electron chi connectivity index (χ3n) is 9.24. The van der Waals surface area contributed by atoms with E-state index in [1.165, 1.54) is 50.5 Å². The molecule has 2 aliphatic heterocycles. The van der Waals surface area contributed by atoms with Gasteiger partial charge in [0.25, 0.3) is 5.91 Å². The van der Waals surface area contributed by atoms with E-state index in [4.69, 9.17) is 4.74 Å². The van der Waals surface area contributed by atoms with E-state index in [9.17, 15) is 14.4 Å². The summed E-state index contributed by atoms with van der Waals surface area (Å²) in [5.74, 6) is 2.69. The molecule has 0 radical (unpaired) electrons. The fraction of sp³-hybridized carbons (Fsp3) is 0.531. The summed E-state index contributed by atoms with van der Waals surface area (Å²) in [5.41, 5.74) is 3.70. The summed E-state index contributed by atoms with van der Waals surface area (Å²) in [5, 5.41) is 6.00. The van der Waals surface area contributed by atoms with Crippen LogP contribution in [0.15, 0.2) is 42.5 Å². The lowest BCUT2D eigenvalue weighted by Gasteiger charge is -2.39. The number of carbonyl (C=O) groups excluding carboxylic acids is 3. The molecular weight excluding hydrogens is 490 g/mol. The highest BCUT2D eigenvalue weighted by molar-refractivity contribution is 6.05. The minimum Gasteiger partial charge on any atom is -0.489 e. The first-order chi connectivity index (χ1) is 19.0. The van der Waals surface area contributed by atoms with Gasteiger partial charge >= 0.3 is 0 Å². The van der Waals surface area contributed by atoms with Crippen molar-refractivity contribution in [2.75, 3.05) is 6.54 Å². The second kappa shape index (κ2) is 11.5. The molecule has 2 bridgehead atoms.